The number of nitrogens with zero attached hydrogens (tertiary/aromatic N) is 2. The van der Waals surface area contributed by atoms with Gasteiger partial charge in [0.15, 0.2) is 5.13 Å². The largest absolute Gasteiger partial charge is 0.348 e. The lowest BCUT2D eigenvalue weighted by molar-refractivity contribution is 0.293. The molecule has 18 heavy (non-hydrogen) atoms. The lowest BCUT2D eigenvalue weighted by atomic mass is 9.84. The van der Waals surface area contributed by atoms with E-state index in [0.29, 0.717) is 5.41 Å². The standard InChI is InChI=1S/C14H23N3S/c1-14(2)6-3-7-17(10-14)13-16-12(9-18-13)8-15-11-4-5-11/h9,11,15H,3-8,10H2,1-2H3. The Balaban J connectivity index is 1.60. The molecule has 1 aromatic rings. The van der Waals surface area contributed by atoms with Gasteiger partial charge in [0, 0.05) is 31.1 Å². The summed E-state index contributed by atoms with van der Waals surface area (Å²) in [5.74, 6) is 0. The Morgan fingerprint density at radius 1 is 1.50 bits per heavy atom. The topological polar surface area (TPSA) is 28.2 Å². The van der Waals surface area contributed by atoms with Gasteiger partial charge in [-0.15, -0.1) is 11.3 Å². The highest BCUT2D eigenvalue weighted by atomic mass is 32.1. The van der Waals surface area contributed by atoms with Gasteiger partial charge in [0.05, 0.1) is 5.69 Å². The molecule has 1 aliphatic heterocycles. The molecule has 3 nitrogen and oxygen atoms in total. The molecule has 0 radical (unpaired) electrons. The minimum atomic E-state index is 0.441. The monoisotopic (exact) mass is 265 g/mol. The fourth-order valence-electron chi connectivity index (χ4n) is 2.65. The molecule has 1 N–H and O–H groups in total. The zero-order chi connectivity index (χ0) is 12.6. The van der Waals surface area contributed by atoms with Crippen LogP contribution in [0.2, 0.25) is 0 Å². The van der Waals surface area contributed by atoms with E-state index in [2.05, 4.69) is 29.4 Å². The van der Waals surface area contributed by atoms with Gasteiger partial charge < -0.3 is 10.2 Å². The van der Waals surface area contributed by atoms with E-state index in [-0.39, 0.29) is 0 Å². The molecule has 1 saturated heterocycles. The lowest BCUT2D eigenvalue weighted by Crippen LogP contribution is -2.40. The average Bonchev–Trinajstić information content (AvgIpc) is 3.02. The van der Waals surface area contributed by atoms with Crippen molar-refractivity contribution < 1.29 is 0 Å². The summed E-state index contributed by atoms with van der Waals surface area (Å²) in [6.07, 6.45) is 5.32. The van der Waals surface area contributed by atoms with Crippen molar-refractivity contribution in [2.75, 3.05) is 18.0 Å². The van der Waals surface area contributed by atoms with Crippen LogP contribution in [0.1, 0.15) is 45.2 Å². The molecule has 0 bridgehead atoms. The summed E-state index contributed by atoms with van der Waals surface area (Å²) in [5, 5.41) is 6.96. The third-order valence-electron chi connectivity index (χ3n) is 3.86. The van der Waals surface area contributed by atoms with Gasteiger partial charge in [0.25, 0.3) is 0 Å². The van der Waals surface area contributed by atoms with Gasteiger partial charge in [-0.1, -0.05) is 13.8 Å². The second kappa shape index (κ2) is 4.82. The smallest absolute Gasteiger partial charge is 0.185 e. The molecule has 0 atom stereocenters. The van der Waals surface area contributed by atoms with Gasteiger partial charge in [-0.3, -0.25) is 0 Å². The quantitative estimate of drug-likeness (QED) is 0.907. The molecule has 1 aliphatic carbocycles. The van der Waals surface area contributed by atoms with Gasteiger partial charge >= 0.3 is 0 Å². The molecule has 0 spiro atoms. The average molecular weight is 265 g/mol. The van der Waals surface area contributed by atoms with Crippen molar-refractivity contribution in [1.82, 2.24) is 10.3 Å². The second-order valence-corrected chi connectivity index (χ2v) is 7.30. The van der Waals surface area contributed by atoms with Crippen LogP contribution >= 0.6 is 11.3 Å². The van der Waals surface area contributed by atoms with E-state index >= 15 is 0 Å². The van der Waals surface area contributed by atoms with E-state index in [1.807, 2.05) is 0 Å². The highest BCUT2D eigenvalue weighted by Crippen LogP contribution is 2.33. The molecular weight excluding hydrogens is 242 g/mol. The summed E-state index contributed by atoms with van der Waals surface area (Å²) in [4.78, 5) is 7.25. The molecule has 100 valence electrons. The van der Waals surface area contributed by atoms with Crippen molar-refractivity contribution in [3.63, 3.8) is 0 Å². The lowest BCUT2D eigenvalue weighted by Gasteiger charge is -2.37. The summed E-state index contributed by atoms with van der Waals surface area (Å²) >= 11 is 1.80. The van der Waals surface area contributed by atoms with Crippen LogP contribution in [0.3, 0.4) is 0 Å². The first-order valence-corrected chi connectivity index (χ1v) is 7.93. The highest BCUT2D eigenvalue weighted by Gasteiger charge is 2.28. The second-order valence-electron chi connectivity index (χ2n) is 6.47. The maximum absolute atomic E-state index is 4.78. The van der Waals surface area contributed by atoms with Gasteiger partial charge in [0.1, 0.15) is 0 Å². The van der Waals surface area contributed by atoms with Gasteiger partial charge in [-0.25, -0.2) is 4.98 Å². The number of aromatic nitrogens is 1. The molecule has 1 aromatic heterocycles. The van der Waals surface area contributed by atoms with Crippen LogP contribution in [-0.4, -0.2) is 24.1 Å². The molecule has 2 aliphatic rings. The zero-order valence-corrected chi connectivity index (χ0v) is 12.2. The Bertz CT molecular complexity index is 409. The van der Waals surface area contributed by atoms with Crippen LogP contribution in [0.15, 0.2) is 5.38 Å². The number of piperidine rings is 1. The van der Waals surface area contributed by atoms with Crippen molar-refractivity contribution in [1.29, 1.82) is 0 Å². The molecule has 2 heterocycles. The first-order valence-electron chi connectivity index (χ1n) is 7.05. The predicted octanol–water partition coefficient (Wildman–Crippen LogP) is 3.02. The molecule has 2 fully saturated rings. The molecule has 4 heteroatoms. The van der Waals surface area contributed by atoms with E-state index in [1.165, 1.54) is 43.1 Å². The van der Waals surface area contributed by atoms with Gasteiger partial charge in [-0.2, -0.15) is 0 Å². The number of hydrogen-bond acceptors (Lipinski definition) is 4. The number of hydrogen-bond donors (Lipinski definition) is 1. The summed E-state index contributed by atoms with van der Waals surface area (Å²) in [5.41, 5.74) is 1.65. The van der Waals surface area contributed by atoms with Crippen LogP contribution in [-0.2, 0) is 6.54 Å². The van der Waals surface area contributed by atoms with Gasteiger partial charge in [0.2, 0.25) is 0 Å². The van der Waals surface area contributed by atoms with E-state index in [9.17, 15) is 0 Å². The Morgan fingerprint density at radius 2 is 2.33 bits per heavy atom. The summed E-state index contributed by atoms with van der Waals surface area (Å²) < 4.78 is 0. The summed E-state index contributed by atoms with van der Waals surface area (Å²) in [6, 6.07) is 0.768. The third-order valence-corrected chi connectivity index (χ3v) is 4.81. The van der Waals surface area contributed by atoms with E-state index < -0.39 is 0 Å². The van der Waals surface area contributed by atoms with Crippen molar-refractivity contribution in [2.45, 2.75) is 52.1 Å². The Kier molecular flexibility index (Phi) is 3.32. The number of anilines is 1. The highest BCUT2D eigenvalue weighted by molar-refractivity contribution is 7.13. The Hall–Kier alpha value is -0.610. The Labute approximate surface area is 114 Å². The SMILES string of the molecule is CC1(C)CCCN(c2nc(CNC3CC3)cs2)C1. The fourth-order valence-corrected chi connectivity index (χ4v) is 3.50. The maximum atomic E-state index is 4.78. The predicted molar refractivity (Wildman–Crippen MR) is 77.2 cm³/mol. The van der Waals surface area contributed by atoms with Crippen molar-refractivity contribution in [3.8, 4) is 0 Å². The summed E-state index contributed by atoms with van der Waals surface area (Å²) in [7, 11) is 0. The van der Waals surface area contributed by atoms with Crippen LogP contribution in [0.25, 0.3) is 0 Å². The van der Waals surface area contributed by atoms with Crippen molar-refractivity contribution >= 4 is 16.5 Å². The molecule has 3 rings (SSSR count). The molecule has 0 amide bonds. The van der Waals surface area contributed by atoms with Crippen LogP contribution in [0, 0.1) is 5.41 Å². The first kappa shape index (κ1) is 12.4. The van der Waals surface area contributed by atoms with E-state index in [0.717, 1.165) is 19.1 Å². The van der Waals surface area contributed by atoms with Crippen molar-refractivity contribution in [3.05, 3.63) is 11.1 Å². The molecular formula is C14H23N3S. The molecule has 0 aromatic carbocycles. The van der Waals surface area contributed by atoms with Gasteiger partial charge in [-0.05, 0) is 31.1 Å². The van der Waals surface area contributed by atoms with Crippen molar-refractivity contribution in [2.24, 2.45) is 5.41 Å². The first-order chi connectivity index (χ1) is 8.62. The maximum Gasteiger partial charge on any atom is 0.185 e. The third kappa shape index (κ3) is 3.04. The normalized spacial score (nSPS) is 23.3. The van der Waals surface area contributed by atoms with Crippen LogP contribution in [0.5, 0.6) is 0 Å². The van der Waals surface area contributed by atoms with E-state index in [1.54, 1.807) is 11.3 Å². The van der Waals surface area contributed by atoms with Crippen LogP contribution in [0.4, 0.5) is 5.13 Å². The minimum absolute atomic E-state index is 0.441. The summed E-state index contributed by atoms with van der Waals surface area (Å²) in [6.45, 7) is 7.99. The molecule has 1 saturated carbocycles. The van der Waals surface area contributed by atoms with E-state index in [4.69, 9.17) is 4.98 Å². The number of thiazole rings is 1. The zero-order valence-electron chi connectivity index (χ0n) is 11.4. The number of rotatable bonds is 4. The van der Waals surface area contributed by atoms with Crippen LogP contribution < -0.4 is 10.2 Å². The number of nitrogens with one attached hydrogen (secondary N) is 1. The molecule has 0 unspecified atom stereocenters. The Morgan fingerprint density at radius 3 is 3.06 bits per heavy atom. The minimum Gasteiger partial charge on any atom is -0.348 e. The fraction of sp³-hybridized carbons (Fsp3) is 0.786.